The fourth-order valence-electron chi connectivity index (χ4n) is 3.14. The Morgan fingerprint density at radius 2 is 1.80 bits per heavy atom. The first-order chi connectivity index (χ1) is 9.64. The van der Waals surface area contributed by atoms with Gasteiger partial charge in [0.2, 0.25) is 5.67 Å². The van der Waals surface area contributed by atoms with Crippen molar-refractivity contribution in [2.75, 3.05) is 13.1 Å². The van der Waals surface area contributed by atoms with Crippen LogP contribution in [0.1, 0.15) is 57.8 Å². The molecule has 20 heavy (non-hydrogen) atoms. The molecule has 5 heteroatoms. The maximum atomic E-state index is 14.6. The third-order valence-corrected chi connectivity index (χ3v) is 4.46. The van der Waals surface area contributed by atoms with Crippen LogP contribution in [-0.2, 0) is 4.79 Å². The van der Waals surface area contributed by atoms with Gasteiger partial charge in [0.15, 0.2) is 6.19 Å². The number of alkyl halides is 1. The van der Waals surface area contributed by atoms with E-state index in [1.54, 1.807) is 0 Å². The molecule has 1 heterocycles. The fourth-order valence-corrected chi connectivity index (χ4v) is 3.14. The van der Waals surface area contributed by atoms with Crippen molar-refractivity contribution < 1.29 is 9.18 Å². The van der Waals surface area contributed by atoms with Crippen LogP contribution in [0.4, 0.5) is 4.39 Å². The molecule has 1 unspecified atom stereocenters. The van der Waals surface area contributed by atoms with Gasteiger partial charge in [-0.25, -0.2) is 4.39 Å². The van der Waals surface area contributed by atoms with E-state index in [1.165, 1.54) is 30.6 Å². The highest BCUT2D eigenvalue weighted by atomic mass is 19.1. The minimum absolute atomic E-state index is 0.0952. The SMILES string of the molecule is N#CN1CCC(F)(C(=O)NC2CCCCCCCC2)C1. The van der Waals surface area contributed by atoms with Gasteiger partial charge < -0.3 is 10.2 Å². The van der Waals surface area contributed by atoms with Gasteiger partial charge in [-0.05, 0) is 12.8 Å². The van der Waals surface area contributed by atoms with Gasteiger partial charge in [0.25, 0.3) is 5.91 Å². The maximum Gasteiger partial charge on any atom is 0.259 e. The van der Waals surface area contributed by atoms with Crippen LogP contribution in [0.3, 0.4) is 0 Å². The average molecular weight is 281 g/mol. The zero-order valence-electron chi connectivity index (χ0n) is 12.0. The summed E-state index contributed by atoms with van der Waals surface area (Å²) in [5, 5.41) is 11.7. The summed E-state index contributed by atoms with van der Waals surface area (Å²) in [6, 6.07) is 0.101. The minimum Gasteiger partial charge on any atom is -0.351 e. The molecule has 0 aromatic rings. The summed E-state index contributed by atoms with van der Waals surface area (Å²) in [4.78, 5) is 13.5. The van der Waals surface area contributed by atoms with Gasteiger partial charge in [-0.3, -0.25) is 4.79 Å². The van der Waals surface area contributed by atoms with E-state index in [-0.39, 0.29) is 19.0 Å². The predicted molar refractivity (Wildman–Crippen MR) is 74.5 cm³/mol. The summed E-state index contributed by atoms with van der Waals surface area (Å²) in [6.07, 6.45) is 11.1. The number of nitrogens with zero attached hydrogens (tertiary/aromatic N) is 2. The number of hydrogen-bond donors (Lipinski definition) is 1. The molecule has 0 spiro atoms. The Morgan fingerprint density at radius 3 is 2.35 bits per heavy atom. The highest BCUT2D eigenvalue weighted by Crippen LogP contribution is 2.26. The Hall–Kier alpha value is -1.31. The van der Waals surface area contributed by atoms with E-state index >= 15 is 0 Å². The maximum absolute atomic E-state index is 14.6. The van der Waals surface area contributed by atoms with Gasteiger partial charge in [0.05, 0.1) is 6.54 Å². The lowest BCUT2D eigenvalue weighted by molar-refractivity contribution is -0.132. The highest BCUT2D eigenvalue weighted by Gasteiger charge is 2.45. The molecular formula is C15H24FN3O. The van der Waals surface area contributed by atoms with Crippen LogP contribution in [0, 0.1) is 11.5 Å². The molecule has 0 bridgehead atoms. The molecule has 1 atom stereocenters. The molecule has 0 aromatic carbocycles. The van der Waals surface area contributed by atoms with Gasteiger partial charge in [-0.2, -0.15) is 5.26 Å². The summed E-state index contributed by atoms with van der Waals surface area (Å²) in [6.45, 7) is 0.243. The van der Waals surface area contributed by atoms with Gasteiger partial charge >= 0.3 is 0 Å². The van der Waals surface area contributed by atoms with Crippen LogP contribution in [0.25, 0.3) is 0 Å². The lowest BCUT2D eigenvalue weighted by atomic mass is 10.0. The van der Waals surface area contributed by atoms with E-state index in [0.29, 0.717) is 6.54 Å². The molecule has 1 saturated carbocycles. The summed E-state index contributed by atoms with van der Waals surface area (Å²) in [5.41, 5.74) is -1.88. The van der Waals surface area contributed by atoms with Crippen molar-refractivity contribution in [1.29, 1.82) is 5.26 Å². The second-order valence-corrected chi connectivity index (χ2v) is 6.11. The average Bonchev–Trinajstić information content (AvgIpc) is 2.88. The van der Waals surface area contributed by atoms with Crippen molar-refractivity contribution in [2.45, 2.75) is 69.5 Å². The van der Waals surface area contributed by atoms with Crippen molar-refractivity contribution in [2.24, 2.45) is 0 Å². The summed E-state index contributed by atoms with van der Waals surface area (Å²) in [5.74, 6) is -0.514. The third kappa shape index (κ3) is 3.84. The Kier molecular flexibility index (Phi) is 5.22. The molecule has 4 nitrogen and oxygen atoms in total. The van der Waals surface area contributed by atoms with E-state index in [9.17, 15) is 9.18 Å². The Balaban J connectivity index is 1.87. The molecule has 0 radical (unpaired) electrons. The van der Waals surface area contributed by atoms with Crippen molar-refractivity contribution in [1.82, 2.24) is 10.2 Å². The zero-order chi connectivity index (χ0) is 14.4. The number of nitriles is 1. The predicted octanol–water partition coefficient (Wildman–Crippen LogP) is 2.50. The number of rotatable bonds is 2. The molecule has 1 saturated heterocycles. The van der Waals surface area contributed by atoms with E-state index in [0.717, 1.165) is 25.7 Å². The summed E-state index contributed by atoms with van der Waals surface area (Å²) < 4.78 is 14.6. The number of likely N-dealkylation sites (tertiary alicyclic amines) is 1. The second kappa shape index (κ2) is 6.92. The van der Waals surface area contributed by atoms with Crippen LogP contribution < -0.4 is 5.32 Å². The van der Waals surface area contributed by atoms with Crippen molar-refractivity contribution in [3.8, 4) is 6.19 Å². The number of halogens is 1. The molecule has 2 aliphatic rings. The van der Waals surface area contributed by atoms with Gasteiger partial charge in [0, 0.05) is 19.0 Å². The largest absolute Gasteiger partial charge is 0.351 e. The van der Waals surface area contributed by atoms with Gasteiger partial charge in [0.1, 0.15) is 0 Å². The third-order valence-electron chi connectivity index (χ3n) is 4.46. The van der Waals surface area contributed by atoms with E-state index < -0.39 is 11.6 Å². The second-order valence-electron chi connectivity index (χ2n) is 6.11. The standard InChI is InChI=1S/C15H24FN3O/c16-15(9-10-19(11-15)12-17)14(20)18-13-7-5-3-1-2-4-6-8-13/h13H,1-11H2,(H,18,20). The molecule has 1 aliphatic carbocycles. The monoisotopic (exact) mass is 281 g/mol. The van der Waals surface area contributed by atoms with Crippen molar-refractivity contribution >= 4 is 5.91 Å². The number of nitrogens with one attached hydrogen (secondary N) is 1. The zero-order valence-corrected chi connectivity index (χ0v) is 12.0. The van der Waals surface area contributed by atoms with Crippen LogP contribution in [0.15, 0.2) is 0 Å². The molecule has 0 aromatic heterocycles. The van der Waals surface area contributed by atoms with Crippen LogP contribution in [0.2, 0.25) is 0 Å². The molecule has 1 aliphatic heterocycles. The molecule has 2 rings (SSSR count). The number of carbonyl (C=O) groups excluding carboxylic acids is 1. The number of carbonyl (C=O) groups is 1. The van der Waals surface area contributed by atoms with E-state index in [2.05, 4.69) is 5.32 Å². The fraction of sp³-hybridized carbons (Fsp3) is 0.867. The smallest absolute Gasteiger partial charge is 0.259 e. The van der Waals surface area contributed by atoms with Crippen LogP contribution in [-0.4, -0.2) is 35.6 Å². The lowest BCUT2D eigenvalue weighted by Crippen LogP contribution is -2.48. The van der Waals surface area contributed by atoms with E-state index in [4.69, 9.17) is 5.26 Å². The quantitative estimate of drug-likeness (QED) is 0.791. The highest BCUT2D eigenvalue weighted by molar-refractivity contribution is 5.86. The number of amides is 1. The lowest BCUT2D eigenvalue weighted by Gasteiger charge is -2.23. The van der Waals surface area contributed by atoms with Gasteiger partial charge in [-0.1, -0.05) is 38.5 Å². The number of hydrogen-bond acceptors (Lipinski definition) is 3. The molecule has 2 fully saturated rings. The molecular weight excluding hydrogens is 257 g/mol. The normalized spacial score (nSPS) is 29.1. The molecule has 1 amide bonds. The Labute approximate surface area is 120 Å². The van der Waals surface area contributed by atoms with Crippen molar-refractivity contribution in [3.05, 3.63) is 0 Å². The molecule has 1 N–H and O–H groups in total. The van der Waals surface area contributed by atoms with Gasteiger partial charge in [-0.15, -0.1) is 0 Å². The van der Waals surface area contributed by atoms with Crippen molar-refractivity contribution in [3.63, 3.8) is 0 Å². The summed E-state index contributed by atoms with van der Waals surface area (Å²) >= 11 is 0. The first-order valence-electron chi connectivity index (χ1n) is 7.79. The molecule has 112 valence electrons. The Morgan fingerprint density at radius 1 is 1.20 bits per heavy atom. The van der Waals surface area contributed by atoms with Crippen LogP contribution in [0.5, 0.6) is 0 Å². The Bertz CT molecular complexity index is 372. The first kappa shape index (κ1) is 15.1. The topological polar surface area (TPSA) is 56.1 Å². The first-order valence-corrected chi connectivity index (χ1v) is 7.79. The van der Waals surface area contributed by atoms with E-state index in [1.807, 2.05) is 6.19 Å². The minimum atomic E-state index is -1.88. The summed E-state index contributed by atoms with van der Waals surface area (Å²) in [7, 11) is 0. The van der Waals surface area contributed by atoms with Crippen LogP contribution >= 0.6 is 0 Å².